The first kappa shape index (κ1) is 12.2. The Bertz CT molecular complexity index is 541. The predicted molar refractivity (Wildman–Crippen MR) is 72.1 cm³/mol. The molecule has 19 heavy (non-hydrogen) atoms. The zero-order valence-corrected chi connectivity index (χ0v) is 10.9. The number of nitrogens with one attached hydrogen (secondary N) is 2. The highest BCUT2D eigenvalue weighted by Gasteiger charge is 2.25. The Labute approximate surface area is 112 Å². The van der Waals surface area contributed by atoms with Gasteiger partial charge in [0, 0.05) is 36.9 Å². The van der Waals surface area contributed by atoms with Crippen molar-refractivity contribution in [2.75, 3.05) is 25.0 Å². The normalized spacial score (nSPS) is 22.1. The van der Waals surface area contributed by atoms with Gasteiger partial charge in [-0.15, -0.1) is 0 Å². The zero-order chi connectivity index (χ0) is 13.4. The fourth-order valence-corrected chi connectivity index (χ4v) is 2.67. The second kappa shape index (κ2) is 4.66. The van der Waals surface area contributed by atoms with Crippen LogP contribution < -0.4 is 10.6 Å². The number of hydrogen-bond donors (Lipinski definition) is 2. The average Bonchev–Trinajstić information content (AvgIpc) is 2.77. The van der Waals surface area contributed by atoms with E-state index >= 15 is 0 Å². The Hall–Kier alpha value is -1.88. The molecule has 1 atom stereocenters. The number of anilines is 1. The van der Waals surface area contributed by atoms with Crippen LogP contribution in [0.5, 0.6) is 0 Å². The molecule has 100 valence electrons. The molecule has 2 aliphatic rings. The van der Waals surface area contributed by atoms with Crippen molar-refractivity contribution in [1.82, 2.24) is 10.2 Å². The highest BCUT2D eigenvalue weighted by molar-refractivity contribution is 6.01. The SMILES string of the molecule is C[C@H]1CNCCN1C(=O)c1ccc2c(c1)CC(=O)N2. The minimum atomic E-state index is -0.00450. The summed E-state index contributed by atoms with van der Waals surface area (Å²) in [6, 6.07) is 5.65. The second-order valence-corrected chi connectivity index (χ2v) is 5.15. The third-order valence-electron chi connectivity index (χ3n) is 3.74. The van der Waals surface area contributed by atoms with Gasteiger partial charge in [-0.1, -0.05) is 0 Å². The van der Waals surface area contributed by atoms with E-state index in [1.165, 1.54) is 0 Å². The number of carbonyl (C=O) groups excluding carboxylic acids is 2. The lowest BCUT2D eigenvalue weighted by Crippen LogP contribution is -2.52. The van der Waals surface area contributed by atoms with Crippen molar-refractivity contribution < 1.29 is 9.59 Å². The third-order valence-corrected chi connectivity index (χ3v) is 3.74. The predicted octanol–water partition coefficient (Wildman–Crippen LogP) is 0.615. The van der Waals surface area contributed by atoms with Crippen LogP contribution in [-0.4, -0.2) is 42.4 Å². The summed E-state index contributed by atoms with van der Waals surface area (Å²) in [5, 5.41) is 6.05. The van der Waals surface area contributed by atoms with Gasteiger partial charge in [0.15, 0.2) is 0 Å². The molecule has 0 aromatic heterocycles. The fourth-order valence-electron chi connectivity index (χ4n) is 2.67. The minimum absolute atomic E-state index is 0.00450. The molecule has 0 radical (unpaired) electrons. The lowest BCUT2D eigenvalue weighted by Gasteiger charge is -2.34. The van der Waals surface area contributed by atoms with E-state index in [2.05, 4.69) is 10.6 Å². The standard InChI is InChI=1S/C14H17N3O2/c1-9-8-15-4-5-17(9)14(19)10-2-3-12-11(6-10)7-13(18)16-12/h2-3,6,9,15H,4-5,7-8H2,1H3,(H,16,18)/t9-/m0/s1. The number of benzene rings is 1. The molecule has 5 nitrogen and oxygen atoms in total. The second-order valence-electron chi connectivity index (χ2n) is 5.15. The first-order valence-corrected chi connectivity index (χ1v) is 6.59. The molecule has 0 unspecified atom stereocenters. The number of carbonyl (C=O) groups is 2. The van der Waals surface area contributed by atoms with Gasteiger partial charge in [-0.05, 0) is 30.7 Å². The quantitative estimate of drug-likeness (QED) is 0.777. The molecule has 1 fully saturated rings. The Kier molecular flexibility index (Phi) is 2.98. The monoisotopic (exact) mass is 259 g/mol. The molecule has 0 bridgehead atoms. The van der Waals surface area contributed by atoms with Crippen molar-refractivity contribution in [3.63, 3.8) is 0 Å². The van der Waals surface area contributed by atoms with E-state index in [1.807, 2.05) is 24.0 Å². The molecule has 1 aromatic carbocycles. The Morgan fingerprint density at radius 2 is 2.26 bits per heavy atom. The van der Waals surface area contributed by atoms with Gasteiger partial charge in [0.25, 0.3) is 5.91 Å². The van der Waals surface area contributed by atoms with Crippen LogP contribution in [0.1, 0.15) is 22.8 Å². The zero-order valence-electron chi connectivity index (χ0n) is 10.9. The van der Waals surface area contributed by atoms with Crippen LogP contribution in [0.25, 0.3) is 0 Å². The van der Waals surface area contributed by atoms with E-state index in [0.29, 0.717) is 12.0 Å². The third kappa shape index (κ3) is 2.21. The molecular formula is C14H17N3O2. The van der Waals surface area contributed by atoms with Crippen LogP contribution in [-0.2, 0) is 11.2 Å². The van der Waals surface area contributed by atoms with E-state index in [-0.39, 0.29) is 17.9 Å². The van der Waals surface area contributed by atoms with Crippen LogP contribution in [0.2, 0.25) is 0 Å². The van der Waals surface area contributed by atoms with E-state index < -0.39 is 0 Å². The molecule has 1 saturated heterocycles. The molecule has 0 saturated carbocycles. The van der Waals surface area contributed by atoms with Crippen LogP contribution >= 0.6 is 0 Å². The summed E-state index contributed by atoms with van der Waals surface area (Å²) in [4.78, 5) is 25.7. The van der Waals surface area contributed by atoms with Crippen molar-refractivity contribution in [3.8, 4) is 0 Å². The lowest BCUT2D eigenvalue weighted by molar-refractivity contribution is -0.115. The number of amides is 2. The van der Waals surface area contributed by atoms with Crippen molar-refractivity contribution in [1.29, 1.82) is 0 Å². The largest absolute Gasteiger partial charge is 0.333 e. The summed E-state index contributed by atoms with van der Waals surface area (Å²) >= 11 is 0. The molecule has 2 amide bonds. The maximum atomic E-state index is 12.5. The van der Waals surface area contributed by atoms with Gasteiger partial charge in [-0.2, -0.15) is 0 Å². The maximum absolute atomic E-state index is 12.5. The molecule has 3 rings (SSSR count). The fraction of sp³-hybridized carbons (Fsp3) is 0.429. The van der Waals surface area contributed by atoms with Gasteiger partial charge < -0.3 is 15.5 Å². The lowest BCUT2D eigenvalue weighted by atomic mass is 10.1. The highest BCUT2D eigenvalue weighted by atomic mass is 16.2. The number of nitrogens with zero attached hydrogens (tertiary/aromatic N) is 1. The Morgan fingerprint density at radius 3 is 3.05 bits per heavy atom. The minimum Gasteiger partial charge on any atom is -0.333 e. The van der Waals surface area contributed by atoms with Crippen LogP contribution in [0, 0.1) is 0 Å². The van der Waals surface area contributed by atoms with Crippen LogP contribution in [0.4, 0.5) is 5.69 Å². The van der Waals surface area contributed by atoms with Crippen LogP contribution in [0.15, 0.2) is 18.2 Å². The van der Waals surface area contributed by atoms with Gasteiger partial charge in [-0.25, -0.2) is 0 Å². The molecule has 1 aromatic rings. The van der Waals surface area contributed by atoms with E-state index in [1.54, 1.807) is 6.07 Å². The van der Waals surface area contributed by atoms with E-state index in [0.717, 1.165) is 30.9 Å². The van der Waals surface area contributed by atoms with Crippen molar-refractivity contribution in [3.05, 3.63) is 29.3 Å². The first-order chi connectivity index (χ1) is 9.15. The van der Waals surface area contributed by atoms with Crippen molar-refractivity contribution in [2.45, 2.75) is 19.4 Å². The number of fused-ring (bicyclic) bond motifs is 1. The maximum Gasteiger partial charge on any atom is 0.254 e. The van der Waals surface area contributed by atoms with E-state index in [4.69, 9.17) is 0 Å². The summed E-state index contributed by atoms with van der Waals surface area (Å²) in [5.41, 5.74) is 2.41. The summed E-state index contributed by atoms with van der Waals surface area (Å²) in [7, 11) is 0. The average molecular weight is 259 g/mol. The molecular weight excluding hydrogens is 242 g/mol. The Balaban J connectivity index is 1.84. The molecule has 2 aliphatic heterocycles. The number of rotatable bonds is 1. The molecule has 0 spiro atoms. The molecule has 5 heteroatoms. The molecule has 2 heterocycles. The topological polar surface area (TPSA) is 61.4 Å². The van der Waals surface area contributed by atoms with Gasteiger partial charge in [-0.3, -0.25) is 9.59 Å². The summed E-state index contributed by atoms with van der Waals surface area (Å²) in [6.07, 6.45) is 0.369. The summed E-state index contributed by atoms with van der Waals surface area (Å²) < 4.78 is 0. The van der Waals surface area contributed by atoms with Crippen LogP contribution in [0.3, 0.4) is 0 Å². The van der Waals surface area contributed by atoms with E-state index in [9.17, 15) is 9.59 Å². The first-order valence-electron chi connectivity index (χ1n) is 6.59. The molecule has 2 N–H and O–H groups in total. The summed E-state index contributed by atoms with van der Waals surface area (Å²) in [6.45, 7) is 4.44. The van der Waals surface area contributed by atoms with Gasteiger partial charge >= 0.3 is 0 Å². The van der Waals surface area contributed by atoms with Crippen molar-refractivity contribution >= 4 is 17.5 Å². The molecule has 0 aliphatic carbocycles. The smallest absolute Gasteiger partial charge is 0.254 e. The highest BCUT2D eigenvalue weighted by Crippen LogP contribution is 2.24. The van der Waals surface area contributed by atoms with Gasteiger partial charge in [0.2, 0.25) is 5.91 Å². The van der Waals surface area contributed by atoms with Gasteiger partial charge in [0.05, 0.1) is 6.42 Å². The number of hydrogen-bond acceptors (Lipinski definition) is 3. The Morgan fingerprint density at radius 1 is 1.42 bits per heavy atom. The number of piperazine rings is 1. The van der Waals surface area contributed by atoms with Gasteiger partial charge in [0.1, 0.15) is 0 Å². The van der Waals surface area contributed by atoms with Crippen molar-refractivity contribution in [2.24, 2.45) is 0 Å². The summed E-state index contributed by atoms with van der Waals surface area (Å²) in [5.74, 6) is 0.0475.